The molecule has 30 heavy (non-hydrogen) atoms. The van der Waals surface area contributed by atoms with Crippen LogP contribution < -0.4 is 10.2 Å². The van der Waals surface area contributed by atoms with Gasteiger partial charge in [0, 0.05) is 17.4 Å². The maximum atomic E-state index is 13.4. The smallest absolute Gasteiger partial charge is 0.201 e. The summed E-state index contributed by atoms with van der Waals surface area (Å²) in [6.07, 6.45) is 1.14. The minimum Gasteiger partial charge on any atom is -0.497 e. The average Bonchev–Trinajstić information content (AvgIpc) is 2.73. The lowest BCUT2D eigenvalue weighted by Gasteiger charge is -2.13. The molecule has 0 fully saturated rings. The van der Waals surface area contributed by atoms with E-state index in [-0.39, 0.29) is 10.3 Å². The largest absolute Gasteiger partial charge is 0.497 e. The SMILES string of the molecule is COc1ccc(-c2c(-c3ccc(S(C)(=O)=O)cc3)oc3ccccc3c2=O)c(Cl)c1. The molecule has 1 aromatic heterocycles. The van der Waals surface area contributed by atoms with Gasteiger partial charge in [-0.2, -0.15) is 0 Å². The van der Waals surface area contributed by atoms with Crippen molar-refractivity contribution in [2.45, 2.75) is 4.90 Å². The summed E-state index contributed by atoms with van der Waals surface area (Å²) in [5, 5.41) is 0.766. The molecular weight excluding hydrogens is 424 g/mol. The maximum absolute atomic E-state index is 13.4. The van der Waals surface area contributed by atoms with Crippen LogP contribution in [0.4, 0.5) is 0 Å². The summed E-state index contributed by atoms with van der Waals surface area (Å²) in [6, 6.07) is 18.2. The van der Waals surface area contributed by atoms with Crippen molar-refractivity contribution in [1.29, 1.82) is 0 Å². The molecule has 0 aliphatic heterocycles. The minimum absolute atomic E-state index is 0.179. The molecule has 0 spiro atoms. The Labute approximate surface area is 178 Å². The van der Waals surface area contributed by atoms with Gasteiger partial charge in [-0.3, -0.25) is 4.79 Å². The molecule has 0 saturated heterocycles. The molecule has 0 aliphatic carbocycles. The number of hydrogen-bond acceptors (Lipinski definition) is 5. The van der Waals surface area contributed by atoms with Crippen LogP contribution in [0.25, 0.3) is 33.4 Å². The highest BCUT2D eigenvalue weighted by Crippen LogP contribution is 2.37. The Hall–Kier alpha value is -3.09. The lowest BCUT2D eigenvalue weighted by Crippen LogP contribution is -2.08. The number of hydrogen-bond donors (Lipinski definition) is 0. The summed E-state index contributed by atoms with van der Waals surface area (Å²) in [7, 11) is -1.82. The number of benzene rings is 3. The van der Waals surface area contributed by atoms with Crippen LogP contribution in [-0.2, 0) is 9.84 Å². The van der Waals surface area contributed by atoms with Crippen LogP contribution in [0.1, 0.15) is 0 Å². The number of fused-ring (bicyclic) bond motifs is 1. The fraction of sp³-hybridized carbons (Fsp3) is 0.0870. The Balaban J connectivity index is 2.04. The Morgan fingerprint density at radius 2 is 1.67 bits per heavy atom. The molecule has 0 atom stereocenters. The molecule has 5 nitrogen and oxygen atoms in total. The van der Waals surface area contributed by atoms with Gasteiger partial charge in [-0.25, -0.2) is 8.42 Å². The molecule has 152 valence electrons. The second-order valence-corrected chi connectivity index (χ2v) is 9.20. The Morgan fingerprint density at radius 3 is 2.30 bits per heavy atom. The van der Waals surface area contributed by atoms with Crippen LogP contribution in [0.15, 0.2) is 80.8 Å². The molecule has 0 aliphatic rings. The number of sulfone groups is 1. The number of rotatable bonds is 4. The van der Waals surface area contributed by atoms with Crippen molar-refractivity contribution in [3.05, 3.63) is 82.0 Å². The van der Waals surface area contributed by atoms with Crippen LogP contribution in [0, 0.1) is 0 Å². The van der Waals surface area contributed by atoms with E-state index in [0.29, 0.717) is 44.2 Å². The van der Waals surface area contributed by atoms with Crippen LogP contribution >= 0.6 is 11.6 Å². The van der Waals surface area contributed by atoms with Crippen molar-refractivity contribution in [2.75, 3.05) is 13.4 Å². The van der Waals surface area contributed by atoms with Gasteiger partial charge in [0.1, 0.15) is 17.1 Å². The molecule has 0 bridgehead atoms. The van der Waals surface area contributed by atoms with E-state index in [1.807, 2.05) is 0 Å². The van der Waals surface area contributed by atoms with E-state index in [9.17, 15) is 13.2 Å². The zero-order valence-electron chi connectivity index (χ0n) is 16.2. The van der Waals surface area contributed by atoms with Gasteiger partial charge in [0.2, 0.25) is 5.43 Å². The zero-order chi connectivity index (χ0) is 21.5. The van der Waals surface area contributed by atoms with Crippen molar-refractivity contribution in [1.82, 2.24) is 0 Å². The van der Waals surface area contributed by atoms with Crippen molar-refractivity contribution < 1.29 is 17.6 Å². The molecule has 0 unspecified atom stereocenters. The van der Waals surface area contributed by atoms with Crippen LogP contribution in [-0.4, -0.2) is 21.8 Å². The summed E-state index contributed by atoms with van der Waals surface area (Å²) >= 11 is 6.47. The predicted molar refractivity (Wildman–Crippen MR) is 118 cm³/mol. The highest BCUT2D eigenvalue weighted by atomic mass is 35.5. The summed E-state index contributed by atoms with van der Waals surface area (Å²) in [5.41, 5.74) is 1.56. The molecule has 0 amide bonds. The summed E-state index contributed by atoms with van der Waals surface area (Å²) < 4.78 is 34.9. The molecule has 1 heterocycles. The molecule has 0 saturated carbocycles. The van der Waals surface area contributed by atoms with E-state index in [2.05, 4.69) is 0 Å². The van der Waals surface area contributed by atoms with Gasteiger partial charge >= 0.3 is 0 Å². The first-order valence-corrected chi connectivity index (χ1v) is 11.3. The van der Waals surface area contributed by atoms with Gasteiger partial charge in [0.05, 0.1) is 28.0 Å². The quantitative estimate of drug-likeness (QED) is 0.436. The standard InChI is InChI=1S/C23H17ClO5S/c1-28-15-9-12-17(19(24)13-15)21-22(25)18-5-3-4-6-20(18)29-23(21)14-7-10-16(11-8-14)30(2,26)27/h3-13H,1-2H3. The Bertz CT molecular complexity index is 1420. The van der Waals surface area contributed by atoms with Crippen molar-refractivity contribution in [3.8, 4) is 28.2 Å². The molecule has 4 aromatic rings. The normalized spacial score (nSPS) is 11.6. The maximum Gasteiger partial charge on any atom is 0.201 e. The highest BCUT2D eigenvalue weighted by Gasteiger charge is 2.20. The van der Waals surface area contributed by atoms with Crippen molar-refractivity contribution >= 4 is 32.4 Å². The third-order valence-electron chi connectivity index (χ3n) is 4.79. The van der Waals surface area contributed by atoms with Crippen molar-refractivity contribution in [2.24, 2.45) is 0 Å². The van der Waals surface area contributed by atoms with Crippen LogP contribution in [0.3, 0.4) is 0 Å². The number of halogens is 1. The number of ether oxygens (including phenoxy) is 1. The van der Waals surface area contributed by atoms with Gasteiger partial charge in [-0.15, -0.1) is 0 Å². The second kappa shape index (κ2) is 7.63. The molecular formula is C23H17ClO5S. The zero-order valence-corrected chi connectivity index (χ0v) is 17.8. The number of methoxy groups -OCH3 is 1. The molecule has 0 radical (unpaired) electrons. The Kier molecular flexibility index (Phi) is 5.13. The summed E-state index contributed by atoms with van der Waals surface area (Å²) in [4.78, 5) is 13.6. The Morgan fingerprint density at radius 1 is 0.967 bits per heavy atom. The lowest BCUT2D eigenvalue weighted by molar-refractivity contribution is 0.415. The van der Waals surface area contributed by atoms with Gasteiger partial charge in [0.15, 0.2) is 9.84 Å². The van der Waals surface area contributed by atoms with Gasteiger partial charge in [-0.05, 0) is 54.6 Å². The molecule has 0 N–H and O–H groups in total. The number of para-hydroxylation sites is 1. The van der Waals surface area contributed by atoms with Crippen LogP contribution in [0.2, 0.25) is 5.02 Å². The van der Waals surface area contributed by atoms with E-state index < -0.39 is 9.84 Å². The van der Waals surface area contributed by atoms with Crippen LogP contribution in [0.5, 0.6) is 5.75 Å². The topological polar surface area (TPSA) is 73.6 Å². The first kappa shape index (κ1) is 20.2. The van der Waals surface area contributed by atoms with E-state index in [0.717, 1.165) is 6.26 Å². The third-order valence-corrected chi connectivity index (χ3v) is 6.23. The lowest BCUT2D eigenvalue weighted by atomic mass is 9.98. The third kappa shape index (κ3) is 3.60. The first-order valence-electron chi connectivity index (χ1n) is 9.00. The fourth-order valence-corrected chi connectivity index (χ4v) is 4.16. The van der Waals surface area contributed by atoms with E-state index >= 15 is 0 Å². The average molecular weight is 441 g/mol. The van der Waals surface area contributed by atoms with Gasteiger partial charge in [-0.1, -0.05) is 23.7 Å². The molecule has 7 heteroatoms. The fourth-order valence-electron chi connectivity index (χ4n) is 3.27. The van der Waals surface area contributed by atoms with Gasteiger partial charge < -0.3 is 9.15 Å². The first-order chi connectivity index (χ1) is 14.3. The second-order valence-electron chi connectivity index (χ2n) is 6.77. The predicted octanol–water partition coefficient (Wildman–Crippen LogP) is 5.19. The monoisotopic (exact) mass is 440 g/mol. The van der Waals surface area contributed by atoms with E-state index in [4.69, 9.17) is 20.8 Å². The van der Waals surface area contributed by atoms with E-state index in [1.165, 1.54) is 19.2 Å². The highest BCUT2D eigenvalue weighted by molar-refractivity contribution is 7.90. The van der Waals surface area contributed by atoms with E-state index in [1.54, 1.807) is 54.6 Å². The van der Waals surface area contributed by atoms with Gasteiger partial charge in [0.25, 0.3) is 0 Å². The summed E-state index contributed by atoms with van der Waals surface area (Å²) in [5.74, 6) is 0.874. The molecule has 4 rings (SSSR count). The molecule has 3 aromatic carbocycles. The minimum atomic E-state index is -3.35. The summed E-state index contributed by atoms with van der Waals surface area (Å²) in [6.45, 7) is 0. The van der Waals surface area contributed by atoms with Crippen molar-refractivity contribution in [3.63, 3.8) is 0 Å².